The van der Waals surface area contributed by atoms with Crippen molar-refractivity contribution < 1.29 is 4.39 Å². The van der Waals surface area contributed by atoms with Gasteiger partial charge in [-0.2, -0.15) is 0 Å². The van der Waals surface area contributed by atoms with Crippen LogP contribution in [0.15, 0.2) is 18.2 Å². The third-order valence-corrected chi connectivity index (χ3v) is 4.81. The van der Waals surface area contributed by atoms with Gasteiger partial charge in [0.05, 0.1) is 0 Å². The molecule has 0 spiro atoms. The van der Waals surface area contributed by atoms with E-state index in [2.05, 4.69) is 0 Å². The average molecular weight is 245 g/mol. The number of hydrogen-bond donors (Lipinski definition) is 0. The second-order valence-corrected chi connectivity index (χ2v) is 5.74. The molecule has 3 heteroatoms. The summed E-state index contributed by atoms with van der Waals surface area (Å²) >= 11 is 12.0. The Hall–Kier alpha value is -0.270. The fourth-order valence-electron chi connectivity index (χ4n) is 3.35. The Morgan fingerprint density at radius 2 is 1.93 bits per heavy atom. The van der Waals surface area contributed by atoms with E-state index in [1.807, 2.05) is 6.07 Å². The number of rotatable bonds is 2. The number of hydrogen-bond acceptors (Lipinski definition) is 0. The molecule has 0 saturated heterocycles. The Bertz CT molecular complexity index is 408. The zero-order chi connectivity index (χ0) is 10.7. The van der Waals surface area contributed by atoms with Crippen LogP contribution in [0.1, 0.15) is 24.8 Å². The lowest BCUT2D eigenvalue weighted by molar-refractivity contribution is -0.122. The third kappa shape index (κ3) is 1.20. The van der Waals surface area contributed by atoms with E-state index < -0.39 is 0 Å². The molecule has 3 aliphatic carbocycles. The largest absolute Gasteiger partial charge is 0.207 e. The Morgan fingerprint density at radius 3 is 2.47 bits per heavy atom. The fraction of sp³-hybridized carbons (Fsp3) is 0.500. The highest BCUT2D eigenvalue weighted by Crippen LogP contribution is 2.74. The molecule has 3 saturated carbocycles. The van der Waals surface area contributed by atoms with E-state index >= 15 is 0 Å². The summed E-state index contributed by atoms with van der Waals surface area (Å²) in [6.45, 7) is 0. The van der Waals surface area contributed by atoms with Crippen molar-refractivity contribution in [2.45, 2.75) is 24.7 Å². The van der Waals surface area contributed by atoms with Crippen molar-refractivity contribution in [1.82, 2.24) is 0 Å². The summed E-state index contributed by atoms with van der Waals surface area (Å²) in [5.41, 5.74) is 1.71. The maximum absolute atomic E-state index is 12.9. The van der Waals surface area contributed by atoms with Gasteiger partial charge in [0.2, 0.25) is 0 Å². The predicted molar refractivity (Wildman–Crippen MR) is 60.1 cm³/mol. The summed E-state index contributed by atoms with van der Waals surface area (Å²) in [6, 6.07) is 4.73. The standard InChI is InChI=1S/C12H11Cl2F/c13-7-11-4-12(5-11,6-11)9-2-1-8(15)3-10(9)14/h1-3H,4-7H2. The normalized spacial score (nSPS) is 37.0. The van der Waals surface area contributed by atoms with Crippen molar-refractivity contribution in [3.05, 3.63) is 34.6 Å². The van der Waals surface area contributed by atoms with Crippen LogP contribution in [0.3, 0.4) is 0 Å². The average Bonchev–Trinajstić information content (AvgIpc) is 2.04. The van der Waals surface area contributed by atoms with Crippen LogP contribution in [-0.4, -0.2) is 5.88 Å². The second kappa shape index (κ2) is 2.89. The summed E-state index contributed by atoms with van der Waals surface area (Å²) in [6.07, 6.45) is 3.36. The molecule has 2 bridgehead atoms. The minimum Gasteiger partial charge on any atom is -0.207 e. The molecule has 80 valence electrons. The van der Waals surface area contributed by atoms with E-state index in [-0.39, 0.29) is 11.2 Å². The SMILES string of the molecule is Fc1ccc(C23CC(CCl)(C2)C3)c(Cl)c1. The first kappa shape index (κ1) is 9.92. The van der Waals surface area contributed by atoms with Gasteiger partial charge in [0, 0.05) is 10.9 Å². The molecule has 0 amide bonds. The molecule has 15 heavy (non-hydrogen) atoms. The van der Waals surface area contributed by atoms with Crippen molar-refractivity contribution in [2.24, 2.45) is 5.41 Å². The zero-order valence-electron chi connectivity index (χ0n) is 8.19. The molecule has 1 aromatic carbocycles. The lowest BCUT2D eigenvalue weighted by atomic mass is 9.34. The molecule has 1 aromatic rings. The van der Waals surface area contributed by atoms with E-state index in [9.17, 15) is 4.39 Å². The highest BCUT2D eigenvalue weighted by molar-refractivity contribution is 6.31. The van der Waals surface area contributed by atoms with Crippen molar-refractivity contribution in [1.29, 1.82) is 0 Å². The zero-order valence-corrected chi connectivity index (χ0v) is 9.71. The fourth-order valence-corrected chi connectivity index (χ4v) is 4.00. The van der Waals surface area contributed by atoms with Crippen LogP contribution in [0.5, 0.6) is 0 Å². The molecule has 0 atom stereocenters. The van der Waals surface area contributed by atoms with Gasteiger partial charge in [-0.25, -0.2) is 4.39 Å². The maximum atomic E-state index is 12.9. The molecule has 3 aliphatic rings. The molecule has 3 fully saturated rings. The van der Waals surface area contributed by atoms with Crippen LogP contribution in [0.25, 0.3) is 0 Å². The molecule has 0 nitrogen and oxygen atoms in total. The molecule has 0 heterocycles. The molecule has 0 unspecified atom stereocenters. The molecule has 4 rings (SSSR count). The summed E-state index contributed by atoms with van der Waals surface area (Å²) in [7, 11) is 0. The maximum Gasteiger partial charge on any atom is 0.124 e. The Balaban J connectivity index is 1.91. The van der Waals surface area contributed by atoms with Crippen LogP contribution in [0.2, 0.25) is 5.02 Å². The van der Waals surface area contributed by atoms with Crippen LogP contribution < -0.4 is 0 Å². The van der Waals surface area contributed by atoms with Gasteiger partial charge >= 0.3 is 0 Å². The second-order valence-electron chi connectivity index (χ2n) is 5.07. The lowest BCUT2D eigenvalue weighted by Crippen LogP contribution is -2.65. The minimum atomic E-state index is -0.262. The van der Waals surface area contributed by atoms with Gasteiger partial charge in [0.15, 0.2) is 0 Å². The summed E-state index contributed by atoms with van der Waals surface area (Å²) < 4.78 is 12.9. The highest BCUT2D eigenvalue weighted by Gasteiger charge is 2.67. The third-order valence-electron chi connectivity index (χ3n) is 3.93. The topological polar surface area (TPSA) is 0 Å². The monoisotopic (exact) mass is 244 g/mol. The van der Waals surface area contributed by atoms with Gasteiger partial charge < -0.3 is 0 Å². The quantitative estimate of drug-likeness (QED) is 0.687. The smallest absolute Gasteiger partial charge is 0.124 e. The molecule has 0 radical (unpaired) electrons. The van der Waals surface area contributed by atoms with Crippen molar-refractivity contribution in [3.8, 4) is 0 Å². The van der Waals surface area contributed by atoms with Gasteiger partial charge in [-0.15, -0.1) is 11.6 Å². The van der Waals surface area contributed by atoms with Gasteiger partial charge in [-0.05, 0) is 47.8 Å². The van der Waals surface area contributed by atoms with E-state index in [1.54, 1.807) is 0 Å². The molecule has 0 aromatic heterocycles. The van der Waals surface area contributed by atoms with E-state index in [0.717, 1.165) is 30.7 Å². The summed E-state index contributed by atoms with van der Waals surface area (Å²) in [4.78, 5) is 0. The van der Waals surface area contributed by atoms with Crippen LogP contribution in [-0.2, 0) is 5.41 Å². The summed E-state index contributed by atoms with van der Waals surface area (Å²) in [5.74, 6) is 0.482. The highest BCUT2D eigenvalue weighted by atomic mass is 35.5. The van der Waals surface area contributed by atoms with Gasteiger partial charge in [-0.3, -0.25) is 0 Å². The predicted octanol–water partition coefficient (Wildman–Crippen LogP) is 4.14. The van der Waals surface area contributed by atoms with Gasteiger partial charge in [-0.1, -0.05) is 17.7 Å². The Labute approximate surface area is 98.4 Å². The Kier molecular flexibility index (Phi) is 1.91. The summed E-state index contributed by atoms with van der Waals surface area (Å²) in [5, 5.41) is 0.567. The first-order chi connectivity index (χ1) is 7.09. The van der Waals surface area contributed by atoms with Crippen LogP contribution in [0, 0.1) is 11.2 Å². The number of halogens is 3. The molecular formula is C12H11Cl2F. The van der Waals surface area contributed by atoms with Crippen molar-refractivity contribution in [3.63, 3.8) is 0 Å². The molecule has 0 aliphatic heterocycles. The number of alkyl halides is 1. The number of benzene rings is 1. The van der Waals surface area contributed by atoms with Crippen molar-refractivity contribution >= 4 is 23.2 Å². The minimum absolute atomic E-state index is 0.222. The first-order valence-electron chi connectivity index (χ1n) is 5.11. The van der Waals surface area contributed by atoms with Crippen LogP contribution >= 0.6 is 23.2 Å². The van der Waals surface area contributed by atoms with Crippen molar-refractivity contribution in [2.75, 3.05) is 5.88 Å². The van der Waals surface area contributed by atoms with Gasteiger partial charge in [0.1, 0.15) is 5.82 Å². The Morgan fingerprint density at radius 1 is 1.27 bits per heavy atom. The van der Waals surface area contributed by atoms with Crippen LogP contribution in [0.4, 0.5) is 4.39 Å². The molecule has 0 N–H and O–H groups in total. The van der Waals surface area contributed by atoms with Gasteiger partial charge in [0.25, 0.3) is 0 Å². The molecular weight excluding hydrogens is 234 g/mol. The first-order valence-corrected chi connectivity index (χ1v) is 6.02. The van der Waals surface area contributed by atoms with E-state index in [4.69, 9.17) is 23.2 Å². The van der Waals surface area contributed by atoms with E-state index in [0.29, 0.717) is 10.4 Å². The lowest BCUT2D eigenvalue weighted by Gasteiger charge is -2.71. The van der Waals surface area contributed by atoms with E-state index in [1.165, 1.54) is 12.1 Å².